The van der Waals surface area contributed by atoms with Crippen molar-refractivity contribution >= 4 is 17.6 Å². The number of halogens is 1. The highest BCUT2D eigenvalue weighted by Gasteiger charge is 2.10. The molecule has 0 saturated heterocycles. The molecule has 1 aromatic rings. The van der Waals surface area contributed by atoms with E-state index in [2.05, 4.69) is 0 Å². The summed E-state index contributed by atoms with van der Waals surface area (Å²) in [7, 11) is 3.01. The van der Waals surface area contributed by atoms with Crippen LogP contribution in [0.25, 0.3) is 0 Å². The monoisotopic (exact) mass is 230 g/mol. The van der Waals surface area contributed by atoms with Crippen LogP contribution < -0.4 is 14.2 Å². The molecule has 0 radical (unpaired) electrons. The number of carbonyl (C=O) groups excluding carboxylic acids is 1. The minimum Gasteiger partial charge on any atom is -0.497 e. The van der Waals surface area contributed by atoms with Crippen LogP contribution in [0.3, 0.4) is 0 Å². The van der Waals surface area contributed by atoms with Crippen molar-refractivity contribution in [3.8, 4) is 17.2 Å². The van der Waals surface area contributed by atoms with Gasteiger partial charge >= 0.3 is 5.97 Å². The normalized spacial score (nSPS) is 9.53. The van der Waals surface area contributed by atoms with Crippen molar-refractivity contribution in [2.24, 2.45) is 0 Å². The van der Waals surface area contributed by atoms with Crippen molar-refractivity contribution in [2.45, 2.75) is 0 Å². The first-order valence-corrected chi connectivity index (χ1v) is 4.73. The van der Waals surface area contributed by atoms with Crippen LogP contribution in [-0.2, 0) is 4.79 Å². The zero-order valence-electron chi connectivity index (χ0n) is 8.45. The van der Waals surface area contributed by atoms with Gasteiger partial charge < -0.3 is 14.2 Å². The molecule has 4 nitrogen and oxygen atoms in total. The van der Waals surface area contributed by atoms with Gasteiger partial charge in [-0.3, -0.25) is 4.79 Å². The number of benzene rings is 1. The lowest BCUT2D eigenvalue weighted by Crippen LogP contribution is -2.09. The van der Waals surface area contributed by atoms with E-state index in [1.807, 2.05) is 0 Å². The Morgan fingerprint density at radius 1 is 1.27 bits per heavy atom. The molecule has 0 aromatic heterocycles. The highest BCUT2D eigenvalue weighted by atomic mass is 35.5. The van der Waals surface area contributed by atoms with Crippen molar-refractivity contribution in [3.05, 3.63) is 18.2 Å². The average molecular weight is 231 g/mol. The maximum Gasteiger partial charge on any atom is 0.326 e. The minimum atomic E-state index is -0.539. The molecule has 0 amide bonds. The quantitative estimate of drug-likeness (QED) is 0.450. The summed E-state index contributed by atoms with van der Waals surface area (Å²) in [5.41, 5.74) is 0. The molecule has 0 heterocycles. The van der Waals surface area contributed by atoms with Gasteiger partial charge in [-0.15, -0.1) is 11.6 Å². The van der Waals surface area contributed by atoms with Crippen LogP contribution in [0.2, 0.25) is 0 Å². The molecule has 0 aliphatic heterocycles. The number of ether oxygens (including phenoxy) is 3. The zero-order chi connectivity index (χ0) is 11.3. The standard InChI is InChI=1S/C10H11ClO4/c1-13-7-3-4-8(14-2)9(5-7)15-10(12)6-11/h3-5H,6H2,1-2H3. The summed E-state index contributed by atoms with van der Waals surface area (Å²) < 4.78 is 15.0. The molecule has 82 valence electrons. The Hall–Kier alpha value is -1.42. The fourth-order valence-corrected chi connectivity index (χ4v) is 1.07. The van der Waals surface area contributed by atoms with Crippen molar-refractivity contribution in [2.75, 3.05) is 20.1 Å². The van der Waals surface area contributed by atoms with Gasteiger partial charge in [-0.1, -0.05) is 0 Å². The molecule has 0 aliphatic rings. The second-order valence-electron chi connectivity index (χ2n) is 2.62. The molecule has 0 bridgehead atoms. The first kappa shape index (κ1) is 11.7. The van der Waals surface area contributed by atoms with Crippen molar-refractivity contribution in [1.29, 1.82) is 0 Å². The number of alkyl halides is 1. The molecule has 5 heteroatoms. The topological polar surface area (TPSA) is 44.8 Å². The zero-order valence-corrected chi connectivity index (χ0v) is 9.21. The van der Waals surface area contributed by atoms with Gasteiger partial charge in [0.25, 0.3) is 0 Å². The van der Waals surface area contributed by atoms with Crippen molar-refractivity contribution in [1.82, 2.24) is 0 Å². The third-order valence-corrected chi connectivity index (χ3v) is 1.92. The predicted octanol–water partition coefficient (Wildman–Crippen LogP) is 1.85. The number of hydrogen-bond donors (Lipinski definition) is 0. The lowest BCUT2D eigenvalue weighted by molar-refractivity contribution is -0.131. The summed E-state index contributed by atoms with van der Waals surface area (Å²) in [6, 6.07) is 4.91. The predicted molar refractivity (Wildman–Crippen MR) is 55.9 cm³/mol. The molecule has 0 unspecified atom stereocenters. The Balaban J connectivity index is 2.95. The van der Waals surface area contributed by atoms with Gasteiger partial charge in [-0.25, -0.2) is 0 Å². The van der Waals surface area contributed by atoms with Gasteiger partial charge in [0.05, 0.1) is 14.2 Å². The van der Waals surface area contributed by atoms with Gasteiger partial charge in [0.1, 0.15) is 11.6 Å². The maximum absolute atomic E-state index is 11.0. The van der Waals surface area contributed by atoms with Crippen LogP contribution >= 0.6 is 11.6 Å². The van der Waals surface area contributed by atoms with Gasteiger partial charge in [-0.05, 0) is 12.1 Å². The number of esters is 1. The SMILES string of the molecule is COc1ccc(OC)c(OC(=O)CCl)c1. The number of rotatable bonds is 4. The van der Waals surface area contributed by atoms with E-state index in [1.165, 1.54) is 14.2 Å². The molecule has 0 saturated carbocycles. The Labute approximate surface area is 92.7 Å². The molecule has 0 fully saturated rings. The second kappa shape index (κ2) is 5.46. The first-order chi connectivity index (χ1) is 7.21. The van der Waals surface area contributed by atoms with Gasteiger partial charge in [0.15, 0.2) is 11.5 Å². The Morgan fingerprint density at radius 2 is 2.00 bits per heavy atom. The number of methoxy groups -OCH3 is 2. The van der Waals surface area contributed by atoms with E-state index in [-0.39, 0.29) is 5.88 Å². The molecular weight excluding hydrogens is 220 g/mol. The molecule has 0 N–H and O–H groups in total. The summed E-state index contributed by atoms with van der Waals surface area (Å²) in [4.78, 5) is 11.0. The highest BCUT2D eigenvalue weighted by molar-refractivity contribution is 6.26. The smallest absolute Gasteiger partial charge is 0.326 e. The third-order valence-electron chi connectivity index (χ3n) is 1.70. The lowest BCUT2D eigenvalue weighted by Gasteiger charge is -2.09. The van der Waals surface area contributed by atoms with Crippen LogP contribution in [-0.4, -0.2) is 26.1 Å². The Kier molecular flexibility index (Phi) is 4.24. The van der Waals surface area contributed by atoms with E-state index in [0.717, 1.165) is 0 Å². The molecule has 15 heavy (non-hydrogen) atoms. The molecule has 0 aliphatic carbocycles. The van der Waals surface area contributed by atoms with Gasteiger partial charge in [0.2, 0.25) is 0 Å². The average Bonchev–Trinajstić information content (AvgIpc) is 2.28. The largest absolute Gasteiger partial charge is 0.497 e. The van der Waals surface area contributed by atoms with Crippen molar-refractivity contribution in [3.63, 3.8) is 0 Å². The van der Waals surface area contributed by atoms with E-state index < -0.39 is 5.97 Å². The Morgan fingerprint density at radius 3 is 2.53 bits per heavy atom. The fraction of sp³-hybridized carbons (Fsp3) is 0.300. The van der Waals surface area contributed by atoms with E-state index >= 15 is 0 Å². The molecule has 1 rings (SSSR count). The summed E-state index contributed by atoms with van der Waals surface area (Å²) in [6.45, 7) is 0. The fourth-order valence-electron chi connectivity index (χ4n) is 1.01. The van der Waals surface area contributed by atoms with Crippen molar-refractivity contribution < 1.29 is 19.0 Å². The minimum absolute atomic E-state index is 0.208. The third kappa shape index (κ3) is 3.02. The number of carbonyl (C=O) groups is 1. The second-order valence-corrected chi connectivity index (χ2v) is 2.89. The van der Waals surface area contributed by atoms with Crippen LogP contribution in [0.4, 0.5) is 0 Å². The van der Waals surface area contributed by atoms with E-state index in [1.54, 1.807) is 18.2 Å². The Bertz CT molecular complexity index is 351. The summed E-state index contributed by atoms with van der Waals surface area (Å²) in [5, 5.41) is 0. The molecule has 0 spiro atoms. The first-order valence-electron chi connectivity index (χ1n) is 4.20. The maximum atomic E-state index is 11.0. The molecule has 1 aromatic carbocycles. The van der Waals surface area contributed by atoms with E-state index in [4.69, 9.17) is 25.8 Å². The lowest BCUT2D eigenvalue weighted by atomic mass is 10.3. The van der Waals surface area contributed by atoms with Crippen LogP contribution in [0.15, 0.2) is 18.2 Å². The summed E-state index contributed by atoms with van der Waals surface area (Å²) in [5.74, 6) is 0.577. The summed E-state index contributed by atoms with van der Waals surface area (Å²) >= 11 is 5.32. The van der Waals surface area contributed by atoms with Gasteiger partial charge in [0, 0.05) is 6.07 Å². The number of hydrogen-bond acceptors (Lipinski definition) is 4. The van der Waals surface area contributed by atoms with Gasteiger partial charge in [-0.2, -0.15) is 0 Å². The molecular formula is C10H11ClO4. The van der Waals surface area contributed by atoms with Crippen LogP contribution in [0, 0.1) is 0 Å². The van der Waals surface area contributed by atoms with Crippen LogP contribution in [0.5, 0.6) is 17.2 Å². The highest BCUT2D eigenvalue weighted by Crippen LogP contribution is 2.31. The van der Waals surface area contributed by atoms with Crippen LogP contribution in [0.1, 0.15) is 0 Å². The van der Waals surface area contributed by atoms with E-state index in [0.29, 0.717) is 17.2 Å². The molecule has 0 atom stereocenters. The van der Waals surface area contributed by atoms with E-state index in [9.17, 15) is 4.79 Å². The summed E-state index contributed by atoms with van der Waals surface area (Å²) in [6.07, 6.45) is 0.